The van der Waals surface area contributed by atoms with E-state index < -0.39 is 142 Å². The number of aromatic amines is 2. The van der Waals surface area contributed by atoms with Gasteiger partial charge in [-0.3, -0.25) is 56.4 Å². The molecule has 434 valence electrons. The number of fused-ring (bicyclic) bond motifs is 4. The number of nitrogen functional groups attached to an aromatic ring is 2. The summed E-state index contributed by atoms with van der Waals surface area (Å²) in [4.78, 5) is 93.5. The van der Waals surface area contributed by atoms with Crippen LogP contribution in [-0.2, 0) is 70.0 Å². The number of aliphatic hydroxyl groups is 1. The van der Waals surface area contributed by atoms with Crippen molar-refractivity contribution in [3.8, 4) is 5.75 Å². The number of nitrogens with one attached hydrogen (secondary N) is 3. The van der Waals surface area contributed by atoms with Crippen molar-refractivity contribution in [1.82, 2.24) is 44.4 Å². The second kappa shape index (κ2) is 25.7. The summed E-state index contributed by atoms with van der Waals surface area (Å²) in [5, 5.41) is 14.0. The number of ether oxygens (including phenoxy) is 8. The summed E-state index contributed by atoms with van der Waals surface area (Å²) in [5.74, 6) is -11.1. The van der Waals surface area contributed by atoms with Gasteiger partial charge >= 0.3 is 21.6 Å². The number of hydrogen-bond donors (Lipinski definition) is 8. The minimum atomic E-state index is -5.30. The average Bonchev–Trinajstić information content (AvgIpc) is 4.40. The van der Waals surface area contributed by atoms with E-state index in [0.29, 0.717) is 0 Å². The molecule has 3 fully saturated rings. The molecule has 0 saturated carbocycles. The minimum Gasteiger partial charge on any atom is -0.420 e. The summed E-state index contributed by atoms with van der Waals surface area (Å²) in [6.45, 7) is -0.562. The Morgan fingerprint density at radius 1 is 0.696 bits per heavy atom. The number of imidazole rings is 2. The Balaban J connectivity index is 0.791. The van der Waals surface area contributed by atoms with Gasteiger partial charge in [0.15, 0.2) is 52.2 Å². The number of halogens is 4. The maximum absolute atomic E-state index is 14.1. The molecule has 3 aliphatic heterocycles. The zero-order valence-corrected chi connectivity index (χ0v) is 42.9. The predicted molar refractivity (Wildman–Crippen MR) is 252 cm³/mol. The van der Waals surface area contributed by atoms with E-state index in [0.717, 1.165) is 28.7 Å². The molecule has 5 aromatic rings. The Hall–Kier alpha value is -5.92. The fraction of sp³-hybridized carbons (Fsp3) is 0.561. The zero-order valence-electron chi connectivity index (χ0n) is 41.1. The number of phosphoric ester groups is 2. The lowest BCUT2D eigenvalue weighted by Gasteiger charge is -2.29. The summed E-state index contributed by atoms with van der Waals surface area (Å²) in [5.41, 5.74) is 8.39. The summed E-state index contributed by atoms with van der Waals surface area (Å²) in [6.07, 6.45) is -10.4. The number of benzene rings is 1. The molecule has 3 saturated heterocycles. The number of hydrogen-bond acceptors (Lipinski definition) is 25. The first kappa shape index (κ1) is 59.2. The van der Waals surface area contributed by atoms with Crippen molar-refractivity contribution in [1.29, 1.82) is 0 Å². The number of carbonyl (C=O) groups is 2. The molecule has 4 aromatic heterocycles. The van der Waals surface area contributed by atoms with Crippen LogP contribution in [0.4, 0.5) is 29.5 Å². The number of H-pyrrole nitrogens is 2. The lowest BCUT2D eigenvalue weighted by molar-refractivity contribution is -0.136. The second-order valence-electron chi connectivity index (χ2n) is 17.2. The number of phosphoric acid groups is 2. The van der Waals surface area contributed by atoms with E-state index in [4.69, 9.17) is 62.7 Å². The molecule has 0 radical (unpaired) electrons. The molecule has 10 N–H and O–H groups in total. The van der Waals surface area contributed by atoms with Crippen LogP contribution < -0.4 is 32.6 Å². The number of nitrogens with two attached hydrogens (primary N) is 2. The Kier molecular flexibility index (Phi) is 19.2. The van der Waals surface area contributed by atoms with Crippen molar-refractivity contribution in [2.24, 2.45) is 0 Å². The number of nitrogens with zero attached hydrogens (tertiary/aromatic N) is 6. The van der Waals surface area contributed by atoms with Crippen LogP contribution in [0.25, 0.3) is 22.3 Å². The van der Waals surface area contributed by atoms with E-state index >= 15 is 0 Å². The Morgan fingerprint density at radius 2 is 1.15 bits per heavy atom. The highest BCUT2D eigenvalue weighted by atomic mass is 31.2. The first-order valence-electron chi connectivity index (χ1n) is 23.6. The number of esters is 1. The van der Waals surface area contributed by atoms with E-state index in [1.54, 1.807) is 0 Å². The zero-order chi connectivity index (χ0) is 56.8. The van der Waals surface area contributed by atoms with Gasteiger partial charge in [0.25, 0.3) is 11.1 Å². The fourth-order valence-electron chi connectivity index (χ4n) is 8.11. The Labute approximate surface area is 440 Å². The molecule has 3 aliphatic rings. The number of aliphatic hydroxyl groups excluding tert-OH is 1. The Bertz CT molecular complexity index is 3200. The van der Waals surface area contributed by atoms with Gasteiger partial charge in [-0.15, -0.1) is 0 Å². The predicted octanol–water partition coefficient (Wildman–Crippen LogP) is -0.591. The third kappa shape index (κ3) is 14.2. The average molecular weight is 1170 g/mol. The molecule has 8 rings (SSSR count). The number of anilines is 2. The third-order valence-electron chi connectivity index (χ3n) is 11.8. The molecule has 0 aliphatic carbocycles. The molecule has 0 spiro atoms. The van der Waals surface area contributed by atoms with Crippen molar-refractivity contribution in [2.45, 2.75) is 68.8 Å². The van der Waals surface area contributed by atoms with Crippen molar-refractivity contribution in [2.75, 3.05) is 90.7 Å². The number of carbonyl (C=O) groups excluding carboxylic acids is 2. The van der Waals surface area contributed by atoms with Crippen LogP contribution in [0.5, 0.6) is 5.75 Å². The first-order chi connectivity index (χ1) is 37.6. The van der Waals surface area contributed by atoms with Gasteiger partial charge in [0, 0.05) is 12.0 Å². The van der Waals surface area contributed by atoms with Gasteiger partial charge in [0.05, 0.1) is 98.4 Å². The van der Waals surface area contributed by atoms with Crippen molar-refractivity contribution in [3.05, 3.63) is 62.2 Å². The lowest BCUT2D eigenvalue weighted by Crippen LogP contribution is -2.48. The van der Waals surface area contributed by atoms with Gasteiger partial charge in [-0.2, -0.15) is 14.4 Å². The second-order valence-corrected chi connectivity index (χ2v) is 20.0. The van der Waals surface area contributed by atoms with Crippen LogP contribution in [0.1, 0.15) is 30.9 Å². The monoisotopic (exact) mass is 1170 g/mol. The van der Waals surface area contributed by atoms with Gasteiger partial charge < -0.3 is 69.6 Å². The topological polar surface area (TPSA) is 431 Å². The molecular formula is C41H51F4N11O21P2. The van der Waals surface area contributed by atoms with E-state index in [1.807, 2.05) is 0 Å². The van der Waals surface area contributed by atoms with Gasteiger partial charge in [-0.05, 0) is 6.92 Å². The van der Waals surface area contributed by atoms with Crippen LogP contribution in [0.3, 0.4) is 0 Å². The molecule has 38 heteroatoms. The molecule has 32 nitrogen and oxygen atoms in total. The molecule has 4 unspecified atom stereocenters. The molecule has 79 heavy (non-hydrogen) atoms. The lowest BCUT2D eigenvalue weighted by atomic mass is 10.1. The van der Waals surface area contributed by atoms with Crippen LogP contribution in [0.15, 0.2) is 22.2 Å². The van der Waals surface area contributed by atoms with E-state index in [-0.39, 0.29) is 107 Å². The fourth-order valence-corrected chi connectivity index (χ4v) is 10.0. The molecule has 1 aromatic carbocycles. The molecule has 0 bridgehead atoms. The first-order valence-corrected chi connectivity index (χ1v) is 26.6. The van der Waals surface area contributed by atoms with Crippen molar-refractivity contribution < 1.29 is 107 Å². The standard InChI is InChI=1S/C41H51F4N11O21P2/c1-18-23(42)25(44)26(45)33(24(18)43)75-22(58)3-5-67-7-9-69-11-13-70-12-10-68-8-6-66-4-2-21(57)50-27-31-19(73-38(27)55-16-48-28-34(55)51-40(46)53-36(28)60)14-71-79(64,65)77-32-20(15-72-78(62,63)76-31)74-39(30(32)59)56-17-49-29-35(56)52-41(47)54-37(29)61/h16-17,19-20,27,30-32,38-39,59H,2-15H2,1H3,(H,50,57)(H,62,63)(H,64,65)(H3,46,51,53,60)(H3,47,52,54,61)/t19-,20-,27+,30?,31?,32+,38-,39-/m1/s1. The number of rotatable bonds is 22. The highest BCUT2D eigenvalue weighted by molar-refractivity contribution is 7.47. The van der Waals surface area contributed by atoms with Crippen LogP contribution in [0, 0.1) is 30.2 Å². The van der Waals surface area contributed by atoms with Crippen LogP contribution >= 0.6 is 15.6 Å². The summed E-state index contributed by atoms with van der Waals surface area (Å²) in [6, 6.07) is -1.52. The summed E-state index contributed by atoms with van der Waals surface area (Å²) >= 11 is 0. The maximum atomic E-state index is 14.1. The normalized spacial score (nSPS) is 26.4. The molecular weight excluding hydrogens is 1120 g/mol. The van der Waals surface area contributed by atoms with Crippen LogP contribution in [0.2, 0.25) is 0 Å². The summed E-state index contributed by atoms with van der Waals surface area (Å²) in [7, 11) is -10.6. The van der Waals surface area contributed by atoms with Gasteiger partial charge in [0.2, 0.25) is 29.4 Å². The quantitative estimate of drug-likeness (QED) is 0.00816. The molecule has 10 atom stereocenters. The summed E-state index contributed by atoms with van der Waals surface area (Å²) < 4.78 is 150. The molecule has 7 heterocycles. The Morgan fingerprint density at radius 3 is 1.68 bits per heavy atom. The largest absolute Gasteiger partial charge is 0.472 e. The van der Waals surface area contributed by atoms with Gasteiger partial charge in [-0.1, -0.05) is 0 Å². The van der Waals surface area contributed by atoms with E-state index in [2.05, 4.69) is 40.0 Å². The SMILES string of the molecule is Cc1c(F)c(F)c(F)c(OC(=O)CCOCCOCCOCCOCCOCCC(=O)N[C@H]2C3OP(=O)(O)OC[C@H]4O[C@@H](n5cnc6c(=O)[nH]c(N)nc65)C(O)[C@H]4OP(=O)(O)OC[C@H]3O[C@H]2n2cnc3c(=O)[nH]c(N)nc32)c1F. The van der Waals surface area contributed by atoms with Crippen molar-refractivity contribution in [3.63, 3.8) is 0 Å². The number of aromatic nitrogens is 8. The highest BCUT2D eigenvalue weighted by Crippen LogP contribution is 2.54. The third-order valence-corrected chi connectivity index (χ3v) is 13.8. The maximum Gasteiger partial charge on any atom is 0.472 e. The van der Waals surface area contributed by atoms with Crippen molar-refractivity contribution >= 4 is 61.7 Å². The van der Waals surface area contributed by atoms with E-state index in [9.17, 15) is 60.8 Å². The van der Waals surface area contributed by atoms with E-state index in [1.165, 1.54) is 0 Å². The minimum absolute atomic E-state index is 0.0250. The van der Waals surface area contributed by atoms with Gasteiger partial charge in [0.1, 0.15) is 36.6 Å². The smallest absolute Gasteiger partial charge is 0.420 e. The molecule has 1 amide bonds. The van der Waals surface area contributed by atoms with Crippen LogP contribution in [-0.4, -0.2) is 182 Å². The highest BCUT2D eigenvalue weighted by Gasteiger charge is 2.55. The van der Waals surface area contributed by atoms with Gasteiger partial charge in [-0.25, -0.2) is 32.3 Å². The number of amides is 1.